The largest absolute Gasteiger partial charge is 0.544 e. The molecule has 3 aromatic carbocycles. The zero-order valence-corrected chi connectivity index (χ0v) is 18.8. The maximum atomic E-state index is 2.57. The van der Waals surface area contributed by atoms with Crippen LogP contribution in [0.5, 0.6) is 0 Å². The van der Waals surface area contributed by atoms with Crippen molar-refractivity contribution in [3.05, 3.63) is 109 Å². The van der Waals surface area contributed by atoms with E-state index in [0.717, 1.165) is 0 Å². The summed E-state index contributed by atoms with van der Waals surface area (Å²) < 4.78 is 4.99. The fraction of sp³-hybridized carbons (Fsp3) is 0.107. The molecule has 0 aliphatic carbocycles. The second-order valence-corrected chi connectivity index (χ2v) is 9.41. The van der Waals surface area contributed by atoms with Gasteiger partial charge in [-0.3, -0.25) is 9.39 Å². The van der Waals surface area contributed by atoms with Gasteiger partial charge >= 0.3 is 6.98 Å². The monoisotopic (exact) mass is 427 g/mol. The van der Waals surface area contributed by atoms with Crippen LogP contribution in [0.25, 0.3) is 0 Å². The van der Waals surface area contributed by atoms with E-state index in [-0.39, 0.29) is 12.5 Å². The summed E-state index contributed by atoms with van der Waals surface area (Å²) in [5.74, 6) is 2.40. The number of rotatable bonds is 2. The average Bonchev–Trinajstić information content (AvgIpc) is 3.45. The number of benzene rings is 3. The molecule has 0 saturated heterocycles. The summed E-state index contributed by atoms with van der Waals surface area (Å²) in [5.41, 5.74) is 6.03. The molecular formula is C28H24BN4+. The van der Waals surface area contributed by atoms with Gasteiger partial charge in [0.05, 0.1) is 11.2 Å². The first kappa shape index (κ1) is 18.6. The zero-order chi connectivity index (χ0) is 22.2. The highest BCUT2D eigenvalue weighted by Gasteiger charge is 2.55. The van der Waals surface area contributed by atoms with Gasteiger partial charge in [0.15, 0.2) is 0 Å². The molecular weight excluding hydrogens is 403 g/mol. The summed E-state index contributed by atoms with van der Waals surface area (Å²) in [5, 5.41) is 0. The molecule has 4 nitrogen and oxygen atoms in total. The third kappa shape index (κ3) is 2.45. The van der Waals surface area contributed by atoms with E-state index < -0.39 is 0 Å². The number of amidine groups is 1. The van der Waals surface area contributed by atoms with E-state index in [1.807, 2.05) is 0 Å². The van der Waals surface area contributed by atoms with Crippen LogP contribution in [-0.2, 0) is 0 Å². The smallest absolute Gasteiger partial charge is 0.332 e. The van der Waals surface area contributed by atoms with Gasteiger partial charge in [-0.25, -0.2) is 0 Å². The third-order valence-corrected chi connectivity index (χ3v) is 7.06. The lowest BCUT2D eigenvalue weighted by molar-refractivity contribution is -0.460. The second-order valence-electron chi connectivity index (χ2n) is 9.41. The lowest BCUT2D eigenvalue weighted by atomic mass is 9.60. The fourth-order valence-electron chi connectivity index (χ4n) is 5.67. The molecule has 0 fully saturated rings. The van der Waals surface area contributed by atoms with Crippen LogP contribution >= 0.6 is 0 Å². The number of para-hydroxylation sites is 2. The highest BCUT2D eigenvalue weighted by molar-refractivity contribution is 6.71. The Bertz CT molecular complexity index is 1450. The molecule has 3 aliphatic rings. The van der Waals surface area contributed by atoms with Crippen molar-refractivity contribution in [2.24, 2.45) is 0 Å². The van der Waals surface area contributed by atoms with E-state index in [2.05, 4.69) is 142 Å². The van der Waals surface area contributed by atoms with Gasteiger partial charge in [0.25, 0.3) is 5.84 Å². The summed E-state index contributed by atoms with van der Waals surface area (Å²) in [6.07, 6.45) is 6.84. The number of nitrogens with zero attached hydrogens (tertiary/aromatic N) is 4. The van der Waals surface area contributed by atoms with Crippen molar-refractivity contribution in [1.82, 2.24) is 4.48 Å². The minimum atomic E-state index is -0.117. The molecule has 1 aromatic heterocycles. The van der Waals surface area contributed by atoms with Gasteiger partial charge in [0, 0.05) is 11.8 Å². The molecule has 5 heteroatoms. The third-order valence-electron chi connectivity index (χ3n) is 7.06. The Balaban J connectivity index is 1.57. The second kappa shape index (κ2) is 6.52. The minimum absolute atomic E-state index is 0.0844. The van der Waals surface area contributed by atoms with Crippen molar-refractivity contribution in [3.8, 4) is 0 Å². The number of anilines is 5. The van der Waals surface area contributed by atoms with Crippen LogP contribution in [0.1, 0.15) is 13.8 Å². The molecule has 4 aromatic rings. The minimum Gasteiger partial charge on any atom is -0.332 e. The van der Waals surface area contributed by atoms with Crippen molar-refractivity contribution in [2.45, 2.75) is 19.4 Å². The van der Waals surface area contributed by atoms with Crippen molar-refractivity contribution < 1.29 is 4.49 Å². The Morgan fingerprint density at radius 2 is 1.33 bits per heavy atom. The Morgan fingerprint density at radius 1 is 0.697 bits per heavy atom. The molecule has 158 valence electrons. The molecule has 0 saturated carbocycles. The molecule has 0 spiro atoms. The van der Waals surface area contributed by atoms with E-state index in [1.54, 1.807) is 0 Å². The predicted octanol–water partition coefficient (Wildman–Crippen LogP) is 5.43. The first-order valence-corrected chi connectivity index (χ1v) is 11.5. The van der Waals surface area contributed by atoms with E-state index in [0.29, 0.717) is 0 Å². The normalized spacial score (nSPS) is 17.2. The van der Waals surface area contributed by atoms with E-state index in [1.165, 1.54) is 39.9 Å². The molecule has 0 N–H and O–H groups in total. The van der Waals surface area contributed by atoms with Gasteiger partial charge in [-0.2, -0.15) is 4.90 Å². The van der Waals surface area contributed by atoms with Crippen LogP contribution in [0, 0.1) is 0 Å². The molecule has 7 rings (SSSR count). The van der Waals surface area contributed by atoms with Crippen molar-refractivity contribution >= 4 is 46.8 Å². The molecule has 0 bridgehead atoms. The van der Waals surface area contributed by atoms with Crippen LogP contribution in [0.2, 0.25) is 0 Å². The van der Waals surface area contributed by atoms with Crippen LogP contribution < -0.4 is 15.3 Å². The summed E-state index contributed by atoms with van der Waals surface area (Å²) in [4.78, 5) is 4.80. The molecule has 3 aliphatic heterocycles. The number of aromatic nitrogens is 1. The molecule has 0 atom stereocenters. The van der Waals surface area contributed by atoms with Gasteiger partial charge in [-0.15, -0.1) is 0 Å². The Hall–Kier alpha value is -3.99. The first-order valence-electron chi connectivity index (χ1n) is 11.5. The van der Waals surface area contributed by atoms with Crippen LogP contribution in [0.3, 0.4) is 0 Å². The van der Waals surface area contributed by atoms with Gasteiger partial charge in [0.2, 0.25) is 0 Å². The summed E-state index contributed by atoms with van der Waals surface area (Å²) in [7, 11) is 0. The van der Waals surface area contributed by atoms with Gasteiger partial charge in [-0.05, 0) is 74.7 Å². The summed E-state index contributed by atoms with van der Waals surface area (Å²) >= 11 is 0. The highest BCUT2D eigenvalue weighted by Crippen LogP contribution is 2.43. The number of hydrogen-bond acceptors (Lipinski definition) is 2. The SMILES string of the molecule is CC1(C)C=CC2=[N+]1B1c3c(cccc3N(c3ccccc3)c3cccn31)N2c1ccccc1. The Kier molecular flexibility index (Phi) is 3.67. The van der Waals surface area contributed by atoms with Crippen LogP contribution in [0.4, 0.5) is 28.6 Å². The quantitative estimate of drug-likeness (QED) is 0.397. The van der Waals surface area contributed by atoms with Crippen LogP contribution in [0.15, 0.2) is 109 Å². The van der Waals surface area contributed by atoms with Crippen molar-refractivity contribution in [2.75, 3.05) is 9.80 Å². The molecule has 33 heavy (non-hydrogen) atoms. The molecule has 0 amide bonds. The topological polar surface area (TPSA) is 14.4 Å². The van der Waals surface area contributed by atoms with E-state index in [4.69, 9.17) is 0 Å². The molecule has 0 radical (unpaired) electrons. The molecule has 0 unspecified atom stereocenters. The fourth-order valence-corrected chi connectivity index (χ4v) is 5.67. The van der Waals surface area contributed by atoms with Gasteiger partial charge < -0.3 is 4.48 Å². The first-order chi connectivity index (χ1) is 16.1. The lowest BCUT2D eigenvalue weighted by Crippen LogP contribution is -2.64. The van der Waals surface area contributed by atoms with Crippen molar-refractivity contribution in [1.29, 1.82) is 0 Å². The predicted molar refractivity (Wildman–Crippen MR) is 137 cm³/mol. The summed E-state index contributed by atoms with van der Waals surface area (Å²) in [6, 6.07) is 32.5. The van der Waals surface area contributed by atoms with Gasteiger partial charge in [0.1, 0.15) is 22.7 Å². The summed E-state index contributed by atoms with van der Waals surface area (Å²) in [6.45, 7) is 4.70. The highest BCUT2D eigenvalue weighted by atomic mass is 15.3. The maximum absolute atomic E-state index is 2.57. The standard InChI is InChI=1S/C28H24BN4/c1-28(2)19-18-26-32(22-13-7-4-8-14-22)24-16-9-15-23-27(24)29(33(26)28)30-20-10-17-25(30)31(23)21-11-5-3-6-12-21/h3-20H,1-2H3/q+1. The number of hydrogen-bond donors (Lipinski definition) is 0. The van der Waals surface area contributed by atoms with Crippen molar-refractivity contribution in [3.63, 3.8) is 0 Å². The lowest BCUT2D eigenvalue weighted by Gasteiger charge is -2.41. The van der Waals surface area contributed by atoms with E-state index >= 15 is 0 Å². The maximum Gasteiger partial charge on any atom is 0.544 e. The zero-order valence-electron chi connectivity index (χ0n) is 18.8. The Labute approximate surface area is 194 Å². The van der Waals surface area contributed by atoms with E-state index in [9.17, 15) is 0 Å². The Morgan fingerprint density at radius 3 is 2.03 bits per heavy atom. The average molecular weight is 427 g/mol. The van der Waals surface area contributed by atoms with Gasteiger partial charge in [-0.1, -0.05) is 42.5 Å². The molecule has 4 heterocycles. The van der Waals surface area contributed by atoms with Crippen LogP contribution in [-0.4, -0.2) is 27.3 Å². The number of fused-ring (bicyclic) bond motifs is 3.